The molecule has 0 spiro atoms. The molecule has 1 heterocycles. The summed E-state index contributed by atoms with van der Waals surface area (Å²) in [6, 6.07) is 8.11. The molecule has 88 valence electrons. The maximum Gasteiger partial charge on any atom is 0.0700 e. The lowest BCUT2D eigenvalue weighted by Crippen LogP contribution is -2.38. The fourth-order valence-electron chi connectivity index (χ4n) is 2.36. The van der Waals surface area contributed by atoms with Crippen LogP contribution in [0, 0.1) is 5.92 Å². The van der Waals surface area contributed by atoms with Gasteiger partial charge in [0.05, 0.1) is 5.60 Å². The minimum atomic E-state index is -0.618. The fourth-order valence-corrected chi connectivity index (χ4v) is 2.78. The van der Waals surface area contributed by atoms with Gasteiger partial charge in [0.2, 0.25) is 0 Å². The third kappa shape index (κ3) is 2.65. The Morgan fingerprint density at radius 1 is 1.50 bits per heavy atom. The second kappa shape index (κ2) is 4.86. The SMILES string of the molecule is CC(O)(Cc1ccccc1Br)C1CCNC1. The number of nitrogens with one attached hydrogen (secondary N) is 1. The molecule has 1 aliphatic heterocycles. The standard InChI is InChI=1S/C13H18BrNO/c1-13(16,11-6-7-15-9-11)8-10-4-2-3-5-12(10)14/h2-5,11,15-16H,6-9H2,1H3. The molecule has 0 amide bonds. The van der Waals surface area contributed by atoms with Crippen molar-refractivity contribution in [3.63, 3.8) is 0 Å². The van der Waals surface area contributed by atoms with E-state index in [1.54, 1.807) is 0 Å². The number of benzene rings is 1. The normalized spacial score (nSPS) is 24.3. The van der Waals surface area contributed by atoms with Gasteiger partial charge in [0.15, 0.2) is 0 Å². The van der Waals surface area contributed by atoms with Crippen molar-refractivity contribution in [3.05, 3.63) is 34.3 Å². The van der Waals surface area contributed by atoms with E-state index >= 15 is 0 Å². The van der Waals surface area contributed by atoms with E-state index in [0.29, 0.717) is 12.3 Å². The molecule has 2 unspecified atom stereocenters. The number of halogens is 1. The van der Waals surface area contributed by atoms with E-state index in [0.717, 1.165) is 24.0 Å². The minimum absolute atomic E-state index is 0.361. The molecule has 2 atom stereocenters. The van der Waals surface area contributed by atoms with Crippen LogP contribution in [0.25, 0.3) is 0 Å². The van der Waals surface area contributed by atoms with Crippen molar-refractivity contribution in [2.24, 2.45) is 5.92 Å². The molecule has 0 radical (unpaired) electrons. The molecule has 0 aliphatic carbocycles. The molecular weight excluding hydrogens is 266 g/mol. The van der Waals surface area contributed by atoms with Gasteiger partial charge in [-0.2, -0.15) is 0 Å². The first-order chi connectivity index (χ1) is 7.59. The minimum Gasteiger partial charge on any atom is -0.389 e. The summed E-state index contributed by atoms with van der Waals surface area (Å²) in [6.07, 6.45) is 1.78. The van der Waals surface area contributed by atoms with Crippen molar-refractivity contribution in [3.8, 4) is 0 Å². The molecule has 2 nitrogen and oxygen atoms in total. The average molecular weight is 284 g/mol. The maximum absolute atomic E-state index is 10.5. The van der Waals surface area contributed by atoms with Gasteiger partial charge in [0.1, 0.15) is 0 Å². The lowest BCUT2D eigenvalue weighted by Gasteiger charge is -2.30. The number of hydrogen-bond donors (Lipinski definition) is 2. The third-order valence-corrected chi connectivity index (χ3v) is 4.22. The zero-order valence-corrected chi connectivity index (χ0v) is 11.1. The van der Waals surface area contributed by atoms with E-state index in [2.05, 4.69) is 27.3 Å². The molecule has 3 heteroatoms. The molecule has 16 heavy (non-hydrogen) atoms. The van der Waals surface area contributed by atoms with Crippen LogP contribution in [0.4, 0.5) is 0 Å². The van der Waals surface area contributed by atoms with Gasteiger partial charge in [-0.1, -0.05) is 34.1 Å². The van der Waals surface area contributed by atoms with Crippen LogP contribution < -0.4 is 5.32 Å². The monoisotopic (exact) mass is 283 g/mol. The van der Waals surface area contributed by atoms with E-state index in [9.17, 15) is 5.11 Å². The Hall–Kier alpha value is -0.380. The van der Waals surface area contributed by atoms with Crippen LogP contribution in [0.3, 0.4) is 0 Å². The second-order valence-electron chi connectivity index (χ2n) is 4.82. The molecule has 0 aromatic heterocycles. The van der Waals surface area contributed by atoms with Crippen molar-refractivity contribution in [1.29, 1.82) is 0 Å². The molecule has 2 N–H and O–H groups in total. The third-order valence-electron chi connectivity index (χ3n) is 3.45. The van der Waals surface area contributed by atoms with Crippen molar-refractivity contribution in [1.82, 2.24) is 5.32 Å². The summed E-state index contributed by atoms with van der Waals surface area (Å²) in [4.78, 5) is 0. The zero-order chi connectivity index (χ0) is 11.6. The van der Waals surface area contributed by atoms with Crippen LogP contribution in [0.15, 0.2) is 28.7 Å². The highest BCUT2D eigenvalue weighted by Gasteiger charge is 2.34. The van der Waals surface area contributed by atoms with Gasteiger partial charge in [-0.05, 0) is 31.5 Å². The lowest BCUT2D eigenvalue weighted by molar-refractivity contribution is 0.00712. The van der Waals surface area contributed by atoms with Crippen molar-refractivity contribution < 1.29 is 5.11 Å². The Morgan fingerprint density at radius 2 is 2.25 bits per heavy atom. The topological polar surface area (TPSA) is 32.3 Å². The highest BCUT2D eigenvalue weighted by Crippen LogP contribution is 2.29. The molecule has 0 bridgehead atoms. The van der Waals surface area contributed by atoms with E-state index < -0.39 is 5.60 Å². The smallest absolute Gasteiger partial charge is 0.0700 e. The molecule has 0 saturated carbocycles. The summed E-state index contributed by atoms with van der Waals surface area (Å²) in [6.45, 7) is 3.90. The first kappa shape index (κ1) is 12.1. The lowest BCUT2D eigenvalue weighted by atomic mass is 9.83. The molecular formula is C13H18BrNO. The van der Waals surface area contributed by atoms with Crippen molar-refractivity contribution in [2.45, 2.75) is 25.4 Å². The molecule has 1 saturated heterocycles. The Labute approximate surface area is 105 Å². The first-order valence-corrected chi connectivity index (χ1v) is 6.55. The van der Waals surface area contributed by atoms with Gasteiger partial charge in [-0.25, -0.2) is 0 Å². The van der Waals surface area contributed by atoms with E-state index in [4.69, 9.17) is 0 Å². The Balaban J connectivity index is 2.10. The number of hydrogen-bond acceptors (Lipinski definition) is 2. The maximum atomic E-state index is 10.5. The van der Waals surface area contributed by atoms with Gasteiger partial charge in [0, 0.05) is 23.4 Å². The zero-order valence-electron chi connectivity index (χ0n) is 9.54. The second-order valence-corrected chi connectivity index (χ2v) is 5.67. The predicted octanol–water partition coefficient (Wildman–Crippen LogP) is 2.35. The average Bonchev–Trinajstić information content (AvgIpc) is 2.75. The summed E-state index contributed by atoms with van der Waals surface area (Å²) in [7, 11) is 0. The molecule has 1 aliphatic rings. The fraction of sp³-hybridized carbons (Fsp3) is 0.538. The van der Waals surface area contributed by atoms with Gasteiger partial charge in [0.25, 0.3) is 0 Å². The number of rotatable bonds is 3. The highest BCUT2D eigenvalue weighted by atomic mass is 79.9. The van der Waals surface area contributed by atoms with Crippen LogP contribution in [-0.2, 0) is 6.42 Å². The Kier molecular flexibility index (Phi) is 3.67. The van der Waals surface area contributed by atoms with Crippen LogP contribution >= 0.6 is 15.9 Å². The Bertz CT molecular complexity index is 359. The van der Waals surface area contributed by atoms with Crippen LogP contribution in [0.1, 0.15) is 18.9 Å². The molecule has 1 fully saturated rings. The summed E-state index contributed by atoms with van der Waals surface area (Å²) >= 11 is 3.53. The molecule has 1 aromatic rings. The van der Waals surface area contributed by atoms with E-state index in [-0.39, 0.29) is 0 Å². The Morgan fingerprint density at radius 3 is 2.88 bits per heavy atom. The van der Waals surface area contributed by atoms with E-state index in [1.165, 1.54) is 5.56 Å². The largest absolute Gasteiger partial charge is 0.389 e. The molecule has 2 rings (SSSR count). The van der Waals surface area contributed by atoms with Gasteiger partial charge < -0.3 is 10.4 Å². The predicted molar refractivity (Wildman–Crippen MR) is 69.4 cm³/mol. The molecule has 1 aromatic carbocycles. The summed E-state index contributed by atoms with van der Waals surface area (Å²) in [5, 5.41) is 13.8. The van der Waals surface area contributed by atoms with Crippen LogP contribution in [0.5, 0.6) is 0 Å². The van der Waals surface area contributed by atoms with Crippen molar-refractivity contribution in [2.75, 3.05) is 13.1 Å². The van der Waals surface area contributed by atoms with E-state index in [1.807, 2.05) is 25.1 Å². The highest BCUT2D eigenvalue weighted by molar-refractivity contribution is 9.10. The van der Waals surface area contributed by atoms with Crippen molar-refractivity contribution >= 4 is 15.9 Å². The van der Waals surface area contributed by atoms with Crippen LogP contribution in [0.2, 0.25) is 0 Å². The van der Waals surface area contributed by atoms with Crippen LogP contribution in [-0.4, -0.2) is 23.8 Å². The number of aliphatic hydroxyl groups is 1. The van der Waals surface area contributed by atoms with Gasteiger partial charge in [-0.15, -0.1) is 0 Å². The first-order valence-electron chi connectivity index (χ1n) is 5.76. The summed E-state index contributed by atoms with van der Waals surface area (Å²) < 4.78 is 1.08. The quantitative estimate of drug-likeness (QED) is 0.893. The van der Waals surface area contributed by atoms with Gasteiger partial charge in [-0.3, -0.25) is 0 Å². The summed E-state index contributed by atoms with van der Waals surface area (Å²) in [5.74, 6) is 0.361. The summed E-state index contributed by atoms with van der Waals surface area (Å²) in [5.41, 5.74) is 0.562. The van der Waals surface area contributed by atoms with Gasteiger partial charge >= 0.3 is 0 Å².